The number of halogens is 4. The van der Waals surface area contributed by atoms with Gasteiger partial charge in [-0.3, -0.25) is 0 Å². The van der Waals surface area contributed by atoms with Crippen molar-refractivity contribution in [1.82, 2.24) is 0 Å². The van der Waals surface area contributed by atoms with E-state index in [1.165, 1.54) is 0 Å². The zero-order chi connectivity index (χ0) is 16.4. The average molecular weight is 302 g/mol. The van der Waals surface area contributed by atoms with Gasteiger partial charge in [-0.2, -0.15) is 0 Å². The van der Waals surface area contributed by atoms with Crippen molar-refractivity contribution in [3.05, 3.63) is 69.3 Å². The molecule has 0 nitrogen and oxygen atoms in total. The number of benzene rings is 2. The fraction of sp³-hybridized carbons (Fsp3) is 0.111. The molecule has 0 unspecified atom stereocenters. The maximum Gasteiger partial charge on any atom is 0.178 e. The van der Waals surface area contributed by atoms with Crippen molar-refractivity contribution < 1.29 is 17.6 Å². The van der Waals surface area contributed by atoms with E-state index < -0.39 is 34.4 Å². The Labute approximate surface area is 125 Å². The van der Waals surface area contributed by atoms with Crippen molar-refractivity contribution in [2.45, 2.75) is 13.8 Å². The van der Waals surface area contributed by atoms with Gasteiger partial charge in [-0.25, -0.2) is 17.6 Å². The fourth-order valence-electron chi connectivity index (χ4n) is 1.82. The first-order valence-corrected chi connectivity index (χ1v) is 6.28. The van der Waals surface area contributed by atoms with Crippen LogP contribution >= 0.6 is 0 Å². The second kappa shape index (κ2) is 5.95. The maximum atomic E-state index is 13.8. The minimum Gasteiger partial charge on any atom is -0.202 e. The van der Waals surface area contributed by atoms with Crippen molar-refractivity contribution in [2.75, 3.05) is 0 Å². The molecule has 0 amide bonds. The van der Waals surface area contributed by atoms with Crippen LogP contribution in [0.5, 0.6) is 0 Å². The predicted molar refractivity (Wildman–Crippen MR) is 76.1 cm³/mol. The topological polar surface area (TPSA) is 0 Å². The summed E-state index contributed by atoms with van der Waals surface area (Å²) in [4.78, 5) is 0. The highest BCUT2D eigenvalue weighted by molar-refractivity contribution is 5.49. The van der Waals surface area contributed by atoms with E-state index in [1.807, 2.05) is 13.8 Å². The number of hydrogen-bond donors (Lipinski definition) is 0. The highest BCUT2D eigenvalue weighted by Gasteiger charge is 2.23. The molecule has 0 aliphatic heterocycles. The molecule has 0 heterocycles. The first-order valence-electron chi connectivity index (χ1n) is 6.28. The summed E-state index contributed by atoms with van der Waals surface area (Å²) in [6, 6.07) is 5.14. The predicted octanol–water partition coefficient (Wildman–Crippen LogP) is 4.24. The normalized spacial score (nSPS) is 9.86. The molecule has 0 radical (unpaired) electrons. The Morgan fingerprint density at radius 2 is 1.32 bits per heavy atom. The Balaban J connectivity index is 2.59. The van der Waals surface area contributed by atoms with E-state index in [2.05, 4.69) is 11.8 Å². The molecule has 2 rings (SSSR count). The second-order valence-corrected chi connectivity index (χ2v) is 4.70. The summed E-state index contributed by atoms with van der Waals surface area (Å²) >= 11 is 0. The lowest BCUT2D eigenvalue weighted by Crippen LogP contribution is -2.04. The van der Waals surface area contributed by atoms with E-state index in [0.29, 0.717) is 5.56 Å². The van der Waals surface area contributed by atoms with Gasteiger partial charge in [0, 0.05) is 5.56 Å². The first-order chi connectivity index (χ1) is 10.4. The van der Waals surface area contributed by atoms with Crippen LogP contribution in [0.2, 0.25) is 0 Å². The van der Waals surface area contributed by atoms with Gasteiger partial charge in [-0.15, -0.1) is 6.42 Å². The van der Waals surface area contributed by atoms with Crippen LogP contribution < -0.4 is 0 Å². The number of rotatable bonds is 0. The summed E-state index contributed by atoms with van der Waals surface area (Å²) in [5.41, 5.74) is 0.383. The molecule has 0 N–H and O–H groups in total. The Morgan fingerprint density at radius 3 is 1.82 bits per heavy atom. The lowest BCUT2D eigenvalue weighted by atomic mass is 10.1. The quantitative estimate of drug-likeness (QED) is 0.388. The summed E-state index contributed by atoms with van der Waals surface area (Å²) in [6.45, 7) is 3.75. The standard InChI is InChI=1S/C18H10F4/c1-4-13-15(19)17(21)14(18(22)16(13)20)8-7-12-6-5-10(2)11(3)9-12/h1,5-6,9H,2-3H3. The van der Waals surface area contributed by atoms with Crippen LogP contribution in [0.4, 0.5) is 17.6 Å². The van der Waals surface area contributed by atoms with Crippen LogP contribution in [-0.2, 0) is 0 Å². The lowest BCUT2D eigenvalue weighted by Gasteiger charge is -2.04. The lowest BCUT2D eigenvalue weighted by molar-refractivity contribution is 0.447. The van der Waals surface area contributed by atoms with Crippen molar-refractivity contribution >= 4 is 0 Å². The molecule has 4 heteroatoms. The third kappa shape index (κ3) is 2.69. The third-order valence-electron chi connectivity index (χ3n) is 3.25. The molecule has 2 aromatic rings. The van der Waals surface area contributed by atoms with Crippen LogP contribution in [0.25, 0.3) is 0 Å². The van der Waals surface area contributed by atoms with Gasteiger partial charge < -0.3 is 0 Å². The summed E-state index contributed by atoms with van der Waals surface area (Å²) in [7, 11) is 0. The minimum absolute atomic E-state index is 0.476. The van der Waals surface area contributed by atoms with Gasteiger partial charge in [0.2, 0.25) is 0 Å². The van der Waals surface area contributed by atoms with E-state index in [-0.39, 0.29) is 0 Å². The zero-order valence-corrected chi connectivity index (χ0v) is 11.8. The maximum absolute atomic E-state index is 13.8. The Morgan fingerprint density at radius 1 is 0.773 bits per heavy atom. The monoisotopic (exact) mass is 302 g/mol. The smallest absolute Gasteiger partial charge is 0.178 e. The summed E-state index contributed by atoms with van der Waals surface area (Å²) in [5.74, 6) is -0.230. The van der Waals surface area contributed by atoms with Gasteiger partial charge in [0.15, 0.2) is 23.3 Å². The van der Waals surface area contributed by atoms with Gasteiger partial charge in [-0.1, -0.05) is 23.8 Å². The highest BCUT2D eigenvalue weighted by atomic mass is 19.2. The Hall–Kier alpha value is -2.72. The molecule has 22 heavy (non-hydrogen) atoms. The van der Waals surface area contributed by atoms with Gasteiger partial charge in [-0.05, 0) is 37.1 Å². The molecule has 0 aromatic heterocycles. The van der Waals surface area contributed by atoms with Crippen molar-refractivity contribution in [1.29, 1.82) is 0 Å². The van der Waals surface area contributed by atoms with Crippen molar-refractivity contribution in [3.8, 4) is 24.2 Å². The van der Waals surface area contributed by atoms with E-state index in [9.17, 15) is 17.6 Å². The van der Waals surface area contributed by atoms with Crippen molar-refractivity contribution in [3.63, 3.8) is 0 Å². The molecule has 0 spiro atoms. The number of aryl methyl sites for hydroxylation is 2. The summed E-state index contributed by atoms with van der Waals surface area (Å²) < 4.78 is 54.6. The van der Waals surface area contributed by atoms with E-state index in [0.717, 1.165) is 11.1 Å². The third-order valence-corrected chi connectivity index (χ3v) is 3.25. The molecular formula is C18H10F4. The zero-order valence-electron chi connectivity index (χ0n) is 11.8. The molecule has 0 aliphatic rings. The van der Waals surface area contributed by atoms with Crippen LogP contribution in [0, 0.1) is 61.3 Å². The minimum atomic E-state index is -1.62. The summed E-state index contributed by atoms with van der Waals surface area (Å²) in [5, 5.41) is 0. The molecule has 0 fully saturated rings. The molecule has 0 aliphatic carbocycles. The van der Waals surface area contributed by atoms with Gasteiger partial charge in [0.05, 0.1) is 0 Å². The van der Waals surface area contributed by atoms with Crippen molar-refractivity contribution in [2.24, 2.45) is 0 Å². The molecule has 0 bridgehead atoms. The SMILES string of the molecule is C#Cc1c(F)c(F)c(C#Cc2ccc(C)c(C)c2)c(F)c1F. The Bertz CT molecular complexity index is 832. The number of hydrogen-bond acceptors (Lipinski definition) is 0. The molecule has 0 saturated heterocycles. The number of terminal acetylenes is 1. The fourth-order valence-corrected chi connectivity index (χ4v) is 1.82. The van der Waals surface area contributed by atoms with Gasteiger partial charge in [0.1, 0.15) is 11.1 Å². The second-order valence-electron chi connectivity index (χ2n) is 4.70. The van der Waals surface area contributed by atoms with Gasteiger partial charge >= 0.3 is 0 Å². The van der Waals surface area contributed by atoms with Crippen LogP contribution in [-0.4, -0.2) is 0 Å². The summed E-state index contributed by atoms with van der Waals surface area (Å²) in [6.07, 6.45) is 4.84. The van der Waals surface area contributed by atoms with E-state index in [1.54, 1.807) is 24.1 Å². The van der Waals surface area contributed by atoms with E-state index >= 15 is 0 Å². The molecule has 0 saturated carbocycles. The molecule has 0 atom stereocenters. The van der Waals surface area contributed by atoms with E-state index in [4.69, 9.17) is 6.42 Å². The molecule has 2 aromatic carbocycles. The Kier molecular flexibility index (Phi) is 4.24. The average Bonchev–Trinajstić information content (AvgIpc) is 2.49. The van der Waals surface area contributed by atoms with Crippen LogP contribution in [0.15, 0.2) is 18.2 Å². The van der Waals surface area contributed by atoms with Crippen LogP contribution in [0.1, 0.15) is 27.8 Å². The molecular weight excluding hydrogens is 292 g/mol. The largest absolute Gasteiger partial charge is 0.202 e. The first kappa shape index (κ1) is 15.7. The highest BCUT2D eigenvalue weighted by Crippen LogP contribution is 2.23. The van der Waals surface area contributed by atoms with Crippen LogP contribution in [0.3, 0.4) is 0 Å². The van der Waals surface area contributed by atoms with Gasteiger partial charge in [0.25, 0.3) is 0 Å². The molecule has 110 valence electrons.